The second-order valence-electron chi connectivity index (χ2n) is 2.22. The van der Waals surface area contributed by atoms with E-state index in [-0.39, 0.29) is 0 Å². The van der Waals surface area contributed by atoms with Crippen molar-refractivity contribution in [2.45, 2.75) is 6.42 Å². The third kappa shape index (κ3) is 1.47. The van der Waals surface area contributed by atoms with Gasteiger partial charge in [-0.2, -0.15) is 0 Å². The van der Waals surface area contributed by atoms with Crippen molar-refractivity contribution in [3.63, 3.8) is 0 Å². The Morgan fingerprint density at radius 3 is 2.40 bits per heavy atom. The second-order valence-corrected chi connectivity index (χ2v) is 2.22. The molecule has 1 radical (unpaired) electrons. The van der Waals surface area contributed by atoms with Gasteiger partial charge in [-0.25, -0.2) is 0 Å². The maximum absolute atomic E-state index is 3.69. The molecule has 51 valence electrons. The third-order valence-corrected chi connectivity index (χ3v) is 1.56. The topological polar surface area (TPSA) is 0 Å². The first kappa shape index (κ1) is 7.07. The highest BCUT2D eigenvalue weighted by Crippen LogP contribution is 2.18. The van der Waals surface area contributed by atoms with Crippen molar-refractivity contribution in [3.8, 4) is 0 Å². The minimum absolute atomic E-state index is 0.987. The number of hydrogen-bond acceptors (Lipinski definition) is 0. The highest BCUT2D eigenvalue weighted by molar-refractivity contribution is 5.40. The van der Waals surface area contributed by atoms with Crippen molar-refractivity contribution >= 4 is 0 Å². The number of allylic oxidation sites excluding steroid dienone is 6. The Balaban J connectivity index is 2.62. The van der Waals surface area contributed by atoms with Gasteiger partial charge in [0, 0.05) is 5.92 Å². The molecular weight excluding hydrogens is 120 g/mol. The van der Waals surface area contributed by atoms with Gasteiger partial charge in [0.2, 0.25) is 0 Å². The van der Waals surface area contributed by atoms with Gasteiger partial charge in [-0.15, -0.1) is 6.58 Å². The molecule has 0 heterocycles. The summed E-state index contributed by atoms with van der Waals surface area (Å²) in [5.41, 5.74) is 1.20. The molecule has 1 aliphatic rings. The van der Waals surface area contributed by atoms with Crippen LogP contribution in [0.2, 0.25) is 0 Å². The van der Waals surface area contributed by atoms with Crippen LogP contribution in [-0.4, -0.2) is 0 Å². The molecule has 0 saturated heterocycles. The zero-order chi connectivity index (χ0) is 7.40. The fourth-order valence-corrected chi connectivity index (χ4v) is 0.878. The lowest BCUT2D eigenvalue weighted by molar-refractivity contribution is 1.12. The maximum atomic E-state index is 3.69. The van der Waals surface area contributed by atoms with Crippen molar-refractivity contribution < 1.29 is 0 Å². The van der Waals surface area contributed by atoms with Crippen molar-refractivity contribution in [1.29, 1.82) is 0 Å². The summed E-state index contributed by atoms with van der Waals surface area (Å²) in [6.07, 6.45) is 11.0. The molecule has 0 fully saturated rings. The predicted molar refractivity (Wildman–Crippen MR) is 45.5 cm³/mol. The van der Waals surface area contributed by atoms with E-state index in [1.54, 1.807) is 0 Å². The summed E-state index contributed by atoms with van der Waals surface area (Å²) in [6, 6.07) is 0. The summed E-state index contributed by atoms with van der Waals surface area (Å²) in [7, 11) is 0. The summed E-state index contributed by atoms with van der Waals surface area (Å²) >= 11 is 0. The first-order valence-electron chi connectivity index (χ1n) is 3.36. The largest absolute Gasteiger partial charge is 0.102 e. The maximum Gasteiger partial charge on any atom is 0.0225 e. The van der Waals surface area contributed by atoms with E-state index >= 15 is 0 Å². The van der Waals surface area contributed by atoms with Crippen LogP contribution in [-0.2, 0) is 0 Å². The first-order chi connectivity index (χ1) is 4.86. The number of hydrogen-bond donors (Lipinski definition) is 0. The highest BCUT2D eigenvalue weighted by atomic mass is 14.1. The molecule has 0 amide bonds. The van der Waals surface area contributed by atoms with Gasteiger partial charge in [-0.05, 0) is 12.0 Å². The lowest BCUT2D eigenvalue weighted by Gasteiger charge is -2.08. The molecule has 0 N–H and O–H groups in total. The van der Waals surface area contributed by atoms with Crippen LogP contribution in [0.25, 0.3) is 0 Å². The molecule has 0 heteroatoms. The molecule has 0 spiro atoms. The van der Waals surface area contributed by atoms with E-state index in [0.717, 1.165) is 6.42 Å². The fourth-order valence-electron chi connectivity index (χ4n) is 0.878. The quantitative estimate of drug-likeness (QED) is 0.540. The Morgan fingerprint density at radius 1 is 1.20 bits per heavy atom. The molecule has 0 aromatic heterocycles. The first-order valence-corrected chi connectivity index (χ1v) is 3.36. The monoisotopic (exact) mass is 131 g/mol. The molecule has 1 rings (SSSR count). The molecular formula is C10H11. The molecule has 0 bridgehead atoms. The Bertz CT molecular complexity index is 194. The van der Waals surface area contributed by atoms with Gasteiger partial charge in [-0.1, -0.05) is 37.0 Å². The molecule has 0 unspecified atom stereocenters. The lowest BCUT2D eigenvalue weighted by Crippen LogP contribution is -1.91. The second kappa shape index (κ2) is 3.21. The summed E-state index contributed by atoms with van der Waals surface area (Å²) in [6.45, 7) is 7.37. The standard InChI is InChI=1S/C10H11/c1-3-9-5-7-10(4-2)8-6-9/h3-7H,1-2,8H2. The molecule has 0 saturated carbocycles. The van der Waals surface area contributed by atoms with E-state index in [1.807, 2.05) is 18.2 Å². The van der Waals surface area contributed by atoms with Gasteiger partial charge in [0.15, 0.2) is 0 Å². The van der Waals surface area contributed by atoms with Crippen LogP contribution in [0.4, 0.5) is 0 Å². The SMILES string of the molecule is C=C[C]1C=CC(C=C)=CC1. The van der Waals surface area contributed by atoms with Crippen molar-refractivity contribution in [2.75, 3.05) is 0 Å². The molecule has 1 aliphatic carbocycles. The van der Waals surface area contributed by atoms with Gasteiger partial charge < -0.3 is 0 Å². The summed E-state index contributed by atoms with van der Waals surface area (Å²) in [5, 5.41) is 0. The average Bonchev–Trinajstić information content (AvgIpc) is 2.05. The normalized spacial score (nSPS) is 18.2. The Hall–Kier alpha value is -1.04. The summed E-state index contributed by atoms with van der Waals surface area (Å²) in [4.78, 5) is 0. The molecule has 0 atom stereocenters. The van der Waals surface area contributed by atoms with E-state index in [2.05, 4.69) is 25.3 Å². The van der Waals surface area contributed by atoms with Gasteiger partial charge in [0.1, 0.15) is 0 Å². The average molecular weight is 131 g/mol. The van der Waals surface area contributed by atoms with Crippen LogP contribution in [0.1, 0.15) is 6.42 Å². The van der Waals surface area contributed by atoms with Crippen LogP contribution in [0, 0.1) is 5.92 Å². The zero-order valence-electron chi connectivity index (χ0n) is 6.01. The van der Waals surface area contributed by atoms with E-state index in [9.17, 15) is 0 Å². The molecule has 0 nitrogen and oxygen atoms in total. The lowest BCUT2D eigenvalue weighted by atomic mass is 9.97. The van der Waals surface area contributed by atoms with Crippen LogP contribution in [0.3, 0.4) is 0 Å². The van der Waals surface area contributed by atoms with Crippen molar-refractivity contribution in [1.82, 2.24) is 0 Å². The molecule has 0 aliphatic heterocycles. The minimum Gasteiger partial charge on any atom is -0.102 e. The van der Waals surface area contributed by atoms with Crippen molar-refractivity contribution in [3.05, 3.63) is 55.0 Å². The fraction of sp³-hybridized carbons (Fsp3) is 0.100. The van der Waals surface area contributed by atoms with E-state index in [0.29, 0.717) is 0 Å². The van der Waals surface area contributed by atoms with E-state index in [1.165, 1.54) is 11.5 Å². The van der Waals surface area contributed by atoms with Gasteiger partial charge in [-0.3, -0.25) is 0 Å². The smallest absolute Gasteiger partial charge is 0.0225 e. The minimum atomic E-state index is 0.987. The summed E-state index contributed by atoms with van der Waals surface area (Å²) < 4.78 is 0. The third-order valence-electron chi connectivity index (χ3n) is 1.56. The van der Waals surface area contributed by atoms with Crippen LogP contribution >= 0.6 is 0 Å². The van der Waals surface area contributed by atoms with Gasteiger partial charge in [0.25, 0.3) is 0 Å². The summed E-state index contributed by atoms with van der Waals surface area (Å²) in [5.74, 6) is 1.27. The number of rotatable bonds is 2. The van der Waals surface area contributed by atoms with Gasteiger partial charge in [0.05, 0.1) is 0 Å². The molecule has 0 aromatic rings. The predicted octanol–water partition coefficient (Wildman–Crippen LogP) is 2.82. The van der Waals surface area contributed by atoms with Crippen LogP contribution in [0.15, 0.2) is 49.1 Å². The van der Waals surface area contributed by atoms with Gasteiger partial charge >= 0.3 is 0 Å². The van der Waals surface area contributed by atoms with Crippen LogP contribution < -0.4 is 0 Å². The highest BCUT2D eigenvalue weighted by Gasteiger charge is 2.01. The van der Waals surface area contributed by atoms with E-state index < -0.39 is 0 Å². The Morgan fingerprint density at radius 2 is 2.00 bits per heavy atom. The van der Waals surface area contributed by atoms with Crippen LogP contribution in [0.5, 0.6) is 0 Å². The zero-order valence-corrected chi connectivity index (χ0v) is 6.01. The van der Waals surface area contributed by atoms with E-state index in [4.69, 9.17) is 0 Å². The van der Waals surface area contributed by atoms with Crippen molar-refractivity contribution in [2.24, 2.45) is 0 Å². The molecule has 10 heavy (non-hydrogen) atoms. The Labute approximate surface area is 62.3 Å². The molecule has 0 aromatic carbocycles. The Kier molecular flexibility index (Phi) is 2.27.